The number of nitrogens with two attached hydrogens (primary N) is 3. The fraction of sp³-hybridized carbons (Fsp3) is 0.0286. The molecule has 0 unspecified atom stereocenters. The SMILES string of the molecule is Cc1cc(N=Nc2ccc(-c3ccc(N=Nc4c(S(=O)(=O)O)cc5cc(S(=O)(=O)O)c(N=Nc6ccccc6)c(O)c5c4N)cc3)cc2)c(N)cc1N.[Na].[Na]. The van der Waals surface area contributed by atoms with Crippen molar-refractivity contribution in [1.82, 2.24) is 0 Å². The van der Waals surface area contributed by atoms with Gasteiger partial charge in [0.1, 0.15) is 26.9 Å². The molecule has 16 nitrogen and oxygen atoms in total. The Balaban J connectivity index is 0.00000336. The van der Waals surface area contributed by atoms with Gasteiger partial charge in [-0.05, 0) is 89.7 Å². The molecule has 0 atom stereocenters. The zero-order valence-electron chi connectivity index (χ0n) is 29.5. The molecule has 6 aromatic rings. The van der Waals surface area contributed by atoms with Crippen LogP contribution in [0.4, 0.5) is 51.2 Å². The van der Waals surface area contributed by atoms with Gasteiger partial charge >= 0.3 is 0 Å². The summed E-state index contributed by atoms with van der Waals surface area (Å²) < 4.78 is 69.4. The van der Waals surface area contributed by atoms with E-state index < -0.39 is 52.8 Å². The predicted molar refractivity (Wildman–Crippen MR) is 212 cm³/mol. The van der Waals surface area contributed by atoms with Gasteiger partial charge in [0.2, 0.25) is 0 Å². The van der Waals surface area contributed by atoms with E-state index in [0.717, 1.165) is 28.8 Å². The zero-order valence-corrected chi connectivity index (χ0v) is 35.2. The number of hydrogen-bond donors (Lipinski definition) is 6. The van der Waals surface area contributed by atoms with Crippen LogP contribution in [-0.2, 0) is 20.2 Å². The average molecular weight is 798 g/mol. The van der Waals surface area contributed by atoms with Crippen LogP contribution in [0.3, 0.4) is 0 Å². The Bertz CT molecular complexity index is 2720. The maximum Gasteiger partial charge on any atom is 0.296 e. The van der Waals surface area contributed by atoms with Crippen LogP contribution in [0.25, 0.3) is 21.9 Å². The van der Waals surface area contributed by atoms with E-state index in [1.165, 1.54) is 0 Å². The topological polar surface area (TPSA) is 281 Å². The molecular weight excluding hydrogens is 769 g/mol. The maximum absolute atomic E-state index is 12.4. The third kappa shape index (κ3) is 9.80. The standard InChI is InChI=1S/C35H29N9O7S2.2Na/c1-19-15-28(27(37)18-26(19)36)42-39-24-11-7-20(8-12-24)21-9-13-25(14-10-21)41-43-33-29(52(46,47)48)16-22-17-30(53(49,50)51)34(35(45)31(22)32(33)38)44-40-23-5-3-2-4-6-23;;/h2-18,45H,36-38H2,1H3,(H,46,47,48)(H,49,50,51);;. The minimum absolute atomic E-state index is 0. The van der Waals surface area contributed by atoms with E-state index in [2.05, 4.69) is 30.7 Å². The summed E-state index contributed by atoms with van der Waals surface area (Å²) in [6.45, 7) is 1.85. The molecule has 55 heavy (non-hydrogen) atoms. The first kappa shape index (κ1) is 43.1. The number of aryl methyl sites for hydroxylation is 1. The van der Waals surface area contributed by atoms with Crippen LogP contribution in [0.1, 0.15) is 5.56 Å². The first-order valence-corrected chi connectivity index (χ1v) is 18.2. The van der Waals surface area contributed by atoms with E-state index in [-0.39, 0.29) is 75.6 Å². The summed E-state index contributed by atoms with van der Waals surface area (Å²) in [5, 5.41) is 35.0. The van der Waals surface area contributed by atoms with E-state index in [1.807, 2.05) is 19.1 Å². The van der Waals surface area contributed by atoms with Gasteiger partial charge in [0, 0.05) is 64.8 Å². The molecule has 0 aliphatic heterocycles. The Labute approximate surface area is 359 Å². The number of aromatic hydroxyl groups is 1. The minimum atomic E-state index is -5.04. The second-order valence-electron chi connectivity index (χ2n) is 11.6. The third-order valence-corrected chi connectivity index (χ3v) is 9.65. The van der Waals surface area contributed by atoms with Gasteiger partial charge in [-0.3, -0.25) is 9.11 Å². The molecule has 0 aromatic heterocycles. The summed E-state index contributed by atoms with van der Waals surface area (Å²) in [7, 11) is -10.1. The van der Waals surface area contributed by atoms with Crippen molar-refractivity contribution in [2.45, 2.75) is 16.7 Å². The smallest absolute Gasteiger partial charge is 0.296 e. The third-order valence-electron chi connectivity index (χ3n) is 7.91. The van der Waals surface area contributed by atoms with E-state index in [1.54, 1.807) is 78.9 Å². The quantitative estimate of drug-likeness (QED) is 0.0352. The Morgan fingerprint density at radius 2 is 1.00 bits per heavy atom. The van der Waals surface area contributed by atoms with Gasteiger partial charge in [0.05, 0.1) is 33.8 Å². The summed E-state index contributed by atoms with van der Waals surface area (Å²) in [6, 6.07) is 27.1. The number of rotatable bonds is 9. The maximum atomic E-state index is 12.4. The van der Waals surface area contributed by atoms with E-state index >= 15 is 0 Å². The number of nitrogens with zero attached hydrogens (tertiary/aromatic N) is 6. The largest absolute Gasteiger partial charge is 0.505 e. The molecule has 0 amide bonds. The van der Waals surface area contributed by atoms with Crippen molar-refractivity contribution in [1.29, 1.82) is 0 Å². The van der Waals surface area contributed by atoms with Crippen molar-refractivity contribution in [3.05, 3.63) is 109 Å². The van der Waals surface area contributed by atoms with Gasteiger partial charge in [-0.2, -0.15) is 32.2 Å². The van der Waals surface area contributed by atoms with Crippen LogP contribution in [-0.4, -0.2) is 90.2 Å². The summed E-state index contributed by atoms with van der Waals surface area (Å²) >= 11 is 0. The second kappa shape index (κ2) is 17.5. The number of fused-ring (bicyclic) bond motifs is 1. The Morgan fingerprint density at radius 1 is 0.545 bits per heavy atom. The fourth-order valence-electron chi connectivity index (χ4n) is 5.18. The first-order chi connectivity index (χ1) is 25.1. The first-order valence-electron chi connectivity index (χ1n) is 15.3. The molecule has 2 radical (unpaired) electrons. The van der Waals surface area contributed by atoms with Gasteiger partial charge in [-0.25, -0.2) is 0 Å². The summed E-state index contributed by atoms with van der Waals surface area (Å²) in [4.78, 5) is -1.73. The van der Waals surface area contributed by atoms with Crippen LogP contribution in [0.15, 0.2) is 144 Å². The molecule has 0 aliphatic rings. The van der Waals surface area contributed by atoms with E-state index in [0.29, 0.717) is 28.4 Å². The van der Waals surface area contributed by atoms with Crippen molar-refractivity contribution in [3.8, 4) is 16.9 Å². The van der Waals surface area contributed by atoms with Crippen LogP contribution < -0.4 is 17.2 Å². The molecule has 0 heterocycles. The zero-order chi connectivity index (χ0) is 38.1. The van der Waals surface area contributed by atoms with Gasteiger partial charge in [0.25, 0.3) is 20.2 Å². The molecule has 20 heteroatoms. The van der Waals surface area contributed by atoms with Crippen LogP contribution in [0.5, 0.6) is 5.75 Å². The van der Waals surface area contributed by atoms with E-state index in [4.69, 9.17) is 17.2 Å². The molecule has 0 saturated heterocycles. The fourth-order valence-corrected chi connectivity index (χ4v) is 6.51. The van der Waals surface area contributed by atoms with Crippen molar-refractivity contribution < 1.29 is 31.0 Å². The molecule has 0 bridgehead atoms. The summed E-state index contributed by atoms with van der Waals surface area (Å²) in [6.07, 6.45) is 0. The van der Waals surface area contributed by atoms with Crippen LogP contribution in [0.2, 0.25) is 0 Å². The number of phenols is 1. The predicted octanol–water partition coefficient (Wildman–Crippen LogP) is 8.25. The second-order valence-corrected chi connectivity index (χ2v) is 14.3. The molecule has 6 aromatic carbocycles. The number of azo groups is 3. The monoisotopic (exact) mass is 797 g/mol. The van der Waals surface area contributed by atoms with Gasteiger partial charge < -0.3 is 22.3 Å². The van der Waals surface area contributed by atoms with Crippen molar-refractivity contribution in [2.24, 2.45) is 30.7 Å². The number of anilines is 3. The van der Waals surface area contributed by atoms with Crippen molar-refractivity contribution >= 4 is 141 Å². The van der Waals surface area contributed by atoms with Gasteiger partial charge in [-0.1, -0.05) is 42.5 Å². The number of nitrogen functional groups attached to an aromatic ring is 3. The molecule has 0 saturated carbocycles. The minimum Gasteiger partial charge on any atom is -0.505 e. The normalized spacial score (nSPS) is 12.0. The van der Waals surface area contributed by atoms with Crippen LogP contribution >= 0.6 is 0 Å². The molecular formula is C35H29N9Na2O7S2. The number of benzene rings is 6. The van der Waals surface area contributed by atoms with Gasteiger partial charge in [0.15, 0.2) is 5.75 Å². The molecule has 0 fully saturated rings. The van der Waals surface area contributed by atoms with Crippen LogP contribution in [0, 0.1) is 6.92 Å². The van der Waals surface area contributed by atoms with Gasteiger partial charge in [-0.15, -0.1) is 15.3 Å². The molecule has 270 valence electrons. The van der Waals surface area contributed by atoms with E-state index in [9.17, 15) is 31.0 Å². The number of phenolic OH excluding ortho intramolecular Hbond substituents is 1. The van der Waals surface area contributed by atoms with Crippen molar-refractivity contribution in [3.63, 3.8) is 0 Å². The summed E-state index contributed by atoms with van der Waals surface area (Å²) in [5.74, 6) is -0.855. The van der Waals surface area contributed by atoms with Crippen molar-refractivity contribution in [2.75, 3.05) is 17.2 Å². The molecule has 0 spiro atoms. The Kier molecular flexibility index (Phi) is 13.7. The number of hydrogen-bond acceptors (Lipinski definition) is 14. The Morgan fingerprint density at radius 3 is 1.51 bits per heavy atom. The summed E-state index contributed by atoms with van der Waals surface area (Å²) in [5.41, 5.74) is 21.5. The molecule has 9 N–H and O–H groups in total. The average Bonchev–Trinajstić information content (AvgIpc) is 3.11. The Hall–Kier alpha value is -4.60. The molecule has 6 rings (SSSR count). The molecule has 0 aliphatic carbocycles.